The van der Waals surface area contributed by atoms with E-state index in [1.807, 2.05) is 54.6 Å². The van der Waals surface area contributed by atoms with Crippen molar-refractivity contribution in [3.8, 4) is 5.75 Å². The zero-order chi connectivity index (χ0) is 13.2. The number of carbonyl (C=O) groups excluding carboxylic acids is 1. The fourth-order valence-corrected chi connectivity index (χ4v) is 3.04. The van der Waals surface area contributed by atoms with E-state index in [1.54, 1.807) is 7.11 Å². The van der Waals surface area contributed by atoms with Crippen LogP contribution in [0.15, 0.2) is 58.3 Å². The molecule has 1 aliphatic rings. The van der Waals surface area contributed by atoms with E-state index in [0.29, 0.717) is 0 Å². The molecule has 0 bridgehead atoms. The van der Waals surface area contributed by atoms with Crippen molar-refractivity contribution < 1.29 is 9.53 Å². The maximum Gasteiger partial charge on any atom is 0.200 e. The minimum atomic E-state index is 0.108. The molecule has 0 saturated heterocycles. The van der Waals surface area contributed by atoms with E-state index >= 15 is 0 Å². The van der Waals surface area contributed by atoms with Crippen LogP contribution < -0.4 is 4.74 Å². The van der Waals surface area contributed by atoms with Crippen LogP contribution in [0.4, 0.5) is 0 Å². The number of thioether (sulfide) groups is 1. The number of rotatable bonds is 2. The van der Waals surface area contributed by atoms with E-state index in [-0.39, 0.29) is 5.78 Å². The number of allylic oxidation sites excluding steroid dienone is 1. The Balaban J connectivity index is 1.92. The second-order valence-electron chi connectivity index (χ2n) is 4.21. The molecule has 0 amide bonds. The Labute approximate surface area is 116 Å². The number of ether oxygens (including phenoxy) is 1. The molecule has 1 aliphatic heterocycles. The summed E-state index contributed by atoms with van der Waals surface area (Å²) in [6.07, 6.45) is 1.92. The number of fused-ring (bicyclic) bond motifs is 1. The third-order valence-corrected chi connectivity index (χ3v) is 4.09. The fraction of sp³-hybridized carbons (Fsp3) is 0.0625. The van der Waals surface area contributed by atoms with Crippen LogP contribution in [0.2, 0.25) is 0 Å². The average molecular weight is 268 g/mol. The molecule has 1 heterocycles. The minimum absolute atomic E-state index is 0.108. The maximum atomic E-state index is 12.2. The van der Waals surface area contributed by atoms with Gasteiger partial charge in [-0.1, -0.05) is 36.0 Å². The number of methoxy groups -OCH3 is 1. The molecule has 0 N–H and O–H groups in total. The van der Waals surface area contributed by atoms with Gasteiger partial charge in [0.15, 0.2) is 0 Å². The highest BCUT2D eigenvalue weighted by atomic mass is 32.2. The molecule has 0 atom stereocenters. The topological polar surface area (TPSA) is 26.3 Å². The summed E-state index contributed by atoms with van der Waals surface area (Å²) >= 11 is 1.53. The van der Waals surface area contributed by atoms with Gasteiger partial charge in [-0.25, -0.2) is 0 Å². The molecular formula is C16H12O2S. The van der Waals surface area contributed by atoms with Gasteiger partial charge in [-0.2, -0.15) is 0 Å². The molecule has 2 nitrogen and oxygen atoms in total. The molecule has 2 aromatic carbocycles. The van der Waals surface area contributed by atoms with Crippen molar-refractivity contribution in [2.75, 3.05) is 7.11 Å². The summed E-state index contributed by atoms with van der Waals surface area (Å²) < 4.78 is 5.12. The molecule has 19 heavy (non-hydrogen) atoms. The zero-order valence-electron chi connectivity index (χ0n) is 10.4. The van der Waals surface area contributed by atoms with Crippen LogP contribution in [0.1, 0.15) is 15.9 Å². The number of hydrogen-bond donors (Lipinski definition) is 0. The summed E-state index contributed by atoms with van der Waals surface area (Å²) in [5, 5.41) is 0. The van der Waals surface area contributed by atoms with Crippen LogP contribution in [-0.4, -0.2) is 12.9 Å². The highest BCUT2D eigenvalue weighted by Gasteiger charge is 2.24. The number of carbonyl (C=O) groups is 1. The lowest BCUT2D eigenvalue weighted by Crippen LogP contribution is -1.93. The van der Waals surface area contributed by atoms with E-state index in [2.05, 4.69) is 0 Å². The monoisotopic (exact) mass is 268 g/mol. The second-order valence-corrected chi connectivity index (χ2v) is 5.29. The molecule has 0 aliphatic carbocycles. The van der Waals surface area contributed by atoms with E-state index < -0.39 is 0 Å². The molecule has 0 radical (unpaired) electrons. The Morgan fingerprint density at radius 1 is 1.05 bits per heavy atom. The lowest BCUT2D eigenvalue weighted by atomic mass is 10.1. The van der Waals surface area contributed by atoms with Crippen molar-refractivity contribution in [1.29, 1.82) is 0 Å². The highest BCUT2D eigenvalue weighted by molar-refractivity contribution is 8.04. The molecular weight excluding hydrogens is 256 g/mol. The van der Waals surface area contributed by atoms with Gasteiger partial charge in [-0.3, -0.25) is 4.79 Å². The van der Waals surface area contributed by atoms with Crippen molar-refractivity contribution in [1.82, 2.24) is 0 Å². The van der Waals surface area contributed by atoms with Crippen LogP contribution >= 0.6 is 11.8 Å². The number of Topliss-reactive ketones (excluding diaryl/α,β-unsaturated/α-hetero) is 1. The lowest BCUT2D eigenvalue weighted by Gasteiger charge is -2.00. The van der Waals surface area contributed by atoms with Gasteiger partial charge in [0.05, 0.1) is 12.0 Å². The summed E-state index contributed by atoms with van der Waals surface area (Å²) in [6.45, 7) is 0. The fourth-order valence-electron chi connectivity index (χ4n) is 1.99. The van der Waals surface area contributed by atoms with Crippen LogP contribution in [0.5, 0.6) is 5.75 Å². The largest absolute Gasteiger partial charge is 0.497 e. The molecule has 2 aromatic rings. The van der Waals surface area contributed by atoms with Crippen molar-refractivity contribution in [3.63, 3.8) is 0 Å². The third-order valence-electron chi connectivity index (χ3n) is 2.99. The quantitative estimate of drug-likeness (QED) is 0.769. The third kappa shape index (κ3) is 2.29. The van der Waals surface area contributed by atoms with Crippen molar-refractivity contribution in [3.05, 3.63) is 64.6 Å². The summed E-state index contributed by atoms with van der Waals surface area (Å²) in [4.78, 5) is 14.0. The predicted octanol–water partition coefficient (Wildman–Crippen LogP) is 4.02. The van der Waals surface area contributed by atoms with E-state index in [0.717, 1.165) is 26.7 Å². The predicted molar refractivity (Wildman–Crippen MR) is 77.6 cm³/mol. The lowest BCUT2D eigenvalue weighted by molar-refractivity contribution is 0.104. The first kappa shape index (κ1) is 12.1. The van der Waals surface area contributed by atoms with Crippen LogP contribution in [-0.2, 0) is 0 Å². The van der Waals surface area contributed by atoms with Gasteiger partial charge in [-0.15, -0.1) is 0 Å². The number of ketones is 1. The van der Waals surface area contributed by atoms with Gasteiger partial charge in [0.2, 0.25) is 5.78 Å². The molecule has 3 heteroatoms. The Kier molecular flexibility index (Phi) is 3.13. The molecule has 3 rings (SSSR count). The van der Waals surface area contributed by atoms with Gasteiger partial charge in [0.25, 0.3) is 0 Å². The van der Waals surface area contributed by atoms with E-state index in [4.69, 9.17) is 4.74 Å². The first-order chi connectivity index (χ1) is 9.28. The SMILES string of the molecule is COc1ccc(C=C2Sc3ccccc3C2=O)cc1. The first-order valence-electron chi connectivity index (χ1n) is 5.95. The molecule has 0 aromatic heterocycles. The summed E-state index contributed by atoms with van der Waals surface area (Å²) in [7, 11) is 1.64. The smallest absolute Gasteiger partial charge is 0.200 e. The molecule has 0 saturated carbocycles. The Bertz CT molecular complexity index is 657. The first-order valence-corrected chi connectivity index (χ1v) is 6.77. The summed E-state index contributed by atoms with van der Waals surface area (Å²) in [5.74, 6) is 0.923. The molecule has 0 fully saturated rings. The van der Waals surface area contributed by atoms with Crippen LogP contribution in [0.25, 0.3) is 6.08 Å². The molecule has 0 spiro atoms. The summed E-state index contributed by atoms with van der Waals surface area (Å²) in [6, 6.07) is 15.4. The number of benzene rings is 2. The van der Waals surface area contributed by atoms with E-state index in [1.165, 1.54) is 11.8 Å². The minimum Gasteiger partial charge on any atom is -0.497 e. The maximum absolute atomic E-state index is 12.2. The van der Waals surface area contributed by atoms with E-state index in [9.17, 15) is 4.79 Å². The molecule has 0 unspecified atom stereocenters. The Hall–Kier alpha value is -2.00. The van der Waals surface area contributed by atoms with Gasteiger partial charge in [-0.05, 0) is 35.9 Å². The van der Waals surface area contributed by atoms with Crippen molar-refractivity contribution >= 4 is 23.6 Å². The zero-order valence-corrected chi connectivity index (χ0v) is 11.2. The van der Waals surface area contributed by atoms with Crippen molar-refractivity contribution in [2.24, 2.45) is 0 Å². The normalized spacial score (nSPS) is 15.6. The van der Waals surface area contributed by atoms with Crippen molar-refractivity contribution in [2.45, 2.75) is 4.90 Å². The second kappa shape index (κ2) is 4.94. The Morgan fingerprint density at radius 3 is 2.47 bits per heavy atom. The van der Waals surface area contributed by atoms with Gasteiger partial charge in [0, 0.05) is 10.5 Å². The van der Waals surface area contributed by atoms with Gasteiger partial charge in [0.1, 0.15) is 5.75 Å². The van der Waals surface area contributed by atoms with Crippen LogP contribution in [0, 0.1) is 0 Å². The highest BCUT2D eigenvalue weighted by Crippen LogP contribution is 2.40. The standard InChI is InChI=1S/C16H12O2S/c1-18-12-8-6-11(7-9-12)10-15-16(17)13-4-2-3-5-14(13)19-15/h2-10H,1H3. The van der Waals surface area contributed by atoms with Gasteiger partial charge < -0.3 is 4.74 Å². The van der Waals surface area contributed by atoms with Crippen LogP contribution in [0.3, 0.4) is 0 Å². The Morgan fingerprint density at radius 2 is 1.79 bits per heavy atom. The molecule has 94 valence electrons. The summed E-state index contributed by atoms with van der Waals surface area (Å²) in [5.41, 5.74) is 1.80. The number of hydrogen-bond acceptors (Lipinski definition) is 3. The average Bonchev–Trinajstić information content (AvgIpc) is 2.77. The van der Waals surface area contributed by atoms with Gasteiger partial charge >= 0.3 is 0 Å².